The van der Waals surface area contributed by atoms with Crippen molar-refractivity contribution in [3.05, 3.63) is 81.4 Å². The van der Waals surface area contributed by atoms with Crippen LogP contribution in [-0.4, -0.2) is 32.5 Å². The molecule has 4 rings (SSSR count). The number of halogens is 1. The summed E-state index contributed by atoms with van der Waals surface area (Å²) in [7, 11) is -3.91. The van der Waals surface area contributed by atoms with Crippen LogP contribution in [0.25, 0.3) is 0 Å². The number of nitrogens with zero attached hydrogens (tertiary/aromatic N) is 1. The van der Waals surface area contributed by atoms with Crippen LogP contribution in [0.4, 0.5) is 17.1 Å². The monoisotopic (exact) mass is 489 g/mol. The Kier molecular flexibility index (Phi) is 6.07. The number of anilines is 2. The van der Waals surface area contributed by atoms with E-state index in [1.54, 1.807) is 0 Å². The van der Waals surface area contributed by atoms with Crippen molar-refractivity contribution < 1.29 is 27.6 Å². The van der Waals surface area contributed by atoms with Gasteiger partial charge in [0, 0.05) is 28.5 Å². The molecule has 10 nitrogen and oxygen atoms in total. The number of sulfonamides is 1. The fourth-order valence-electron chi connectivity index (χ4n) is 3.07. The lowest BCUT2D eigenvalue weighted by molar-refractivity contribution is -0.385. The van der Waals surface area contributed by atoms with Gasteiger partial charge in [-0.3, -0.25) is 19.6 Å². The summed E-state index contributed by atoms with van der Waals surface area (Å²) in [4.78, 5) is 23.0. The smallest absolute Gasteiger partial charge is 0.283 e. The molecule has 1 heterocycles. The molecule has 33 heavy (non-hydrogen) atoms. The van der Waals surface area contributed by atoms with Crippen molar-refractivity contribution in [2.75, 3.05) is 23.3 Å². The molecule has 0 fully saturated rings. The van der Waals surface area contributed by atoms with E-state index in [1.807, 2.05) is 0 Å². The lowest BCUT2D eigenvalue weighted by Gasteiger charge is -2.19. The molecule has 0 saturated heterocycles. The molecule has 3 aromatic rings. The zero-order chi connectivity index (χ0) is 23.6. The highest BCUT2D eigenvalue weighted by molar-refractivity contribution is 7.92. The molecule has 0 spiro atoms. The average Bonchev–Trinajstić information content (AvgIpc) is 2.79. The van der Waals surface area contributed by atoms with Gasteiger partial charge < -0.3 is 14.8 Å². The molecular weight excluding hydrogens is 474 g/mol. The maximum atomic E-state index is 12.7. The van der Waals surface area contributed by atoms with Gasteiger partial charge in [-0.1, -0.05) is 11.6 Å². The normalized spacial score (nSPS) is 12.6. The minimum absolute atomic E-state index is 0.000762. The van der Waals surface area contributed by atoms with Crippen LogP contribution in [0.3, 0.4) is 0 Å². The summed E-state index contributed by atoms with van der Waals surface area (Å²) >= 11 is 5.77. The largest absolute Gasteiger partial charge is 0.486 e. The molecule has 0 atom stereocenters. The summed E-state index contributed by atoms with van der Waals surface area (Å²) in [5.41, 5.74) is -0.0246. The molecule has 0 aliphatic carbocycles. The Hall–Kier alpha value is -3.83. The van der Waals surface area contributed by atoms with Crippen LogP contribution in [0.2, 0.25) is 5.02 Å². The van der Waals surface area contributed by atoms with Crippen LogP contribution in [0.1, 0.15) is 10.4 Å². The van der Waals surface area contributed by atoms with Crippen LogP contribution < -0.4 is 19.5 Å². The standard InChI is InChI=1S/C21H16ClN3O7S/c22-13-1-7-17(18(11-13)25(27)28)21(26)23-14-2-4-15(5-3-14)24-33(29,30)16-6-8-19-20(12-16)32-10-9-31-19/h1-8,11-12,24H,9-10H2,(H,23,26). The molecular formula is C21H16ClN3O7S. The summed E-state index contributed by atoms with van der Waals surface area (Å²) < 4.78 is 38.7. The average molecular weight is 490 g/mol. The quantitative estimate of drug-likeness (QED) is 0.393. The second kappa shape index (κ2) is 8.96. The molecule has 3 aromatic carbocycles. The fourth-order valence-corrected chi connectivity index (χ4v) is 4.31. The molecule has 0 bridgehead atoms. The predicted octanol–water partition coefficient (Wildman–Crippen LogP) is 4.07. The number of rotatable bonds is 6. The van der Waals surface area contributed by atoms with Gasteiger partial charge in [0.1, 0.15) is 18.8 Å². The van der Waals surface area contributed by atoms with Crippen molar-refractivity contribution in [1.82, 2.24) is 0 Å². The molecule has 0 saturated carbocycles. The first-order chi connectivity index (χ1) is 15.7. The number of nitrogens with one attached hydrogen (secondary N) is 2. The van der Waals surface area contributed by atoms with Gasteiger partial charge in [-0.05, 0) is 48.5 Å². The molecule has 1 amide bonds. The van der Waals surface area contributed by atoms with E-state index in [0.29, 0.717) is 30.4 Å². The van der Waals surface area contributed by atoms with Crippen molar-refractivity contribution in [2.24, 2.45) is 0 Å². The number of ether oxygens (including phenoxy) is 2. The van der Waals surface area contributed by atoms with Crippen molar-refractivity contribution in [3.63, 3.8) is 0 Å². The number of amides is 1. The Morgan fingerprint density at radius 3 is 2.30 bits per heavy atom. The van der Waals surface area contributed by atoms with Gasteiger partial charge in [0.25, 0.3) is 21.6 Å². The third-order valence-corrected chi connectivity index (χ3v) is 6.23. The van der Waals surface area contributed by atoms with Crippen LogP contribution in [0.5, 0.6) is 11.5 Å². The van der Waals surface area contributed by atoms with Crippen LogP contribution in [0.15, 0.2) is 65.6 Å². The van der Waals surface area contributed by atoms with E-state index >= 15 is 0 Å². The van der Waals surface area contributed by atoms with E-state index in [4.69, 9.17) is 21.1 Å². The highest BCUT2D eigenvalue weighted by Gasteiger charge is 2.22. The first kappa shape index (κ1) is 22.4. The van der Waals surface area contributed by atoms with Crippen molar-refractivity contribution in [3.8, 4) is 11.5 Å². The maximum Gasteiger partial charge on any atom is 0.283 e. The Balaban J connectivity index is 1.48. The van der Waals surface area contributed by atoms with Crippen LogP contribution in [0, 0.1) is 10.1 Å². The third-order valence-electron chi connectivity index (χ3n) is 4.62. The number of fused-ring (bicyclic) bond motifs is 1. The summed E-state index contributed by atoms with van der Waals surface area (Å²) in [6.45, 7) is 0.724. The topological polar surface area (TPSA) is 137 Å². The molecule has 0 unspecified atom stereocenters. The summed E-state index contributed by atoms with van der Waals surface area (Å²) in [5, 5.41) is 13.9. The SMILES string of the molecule is O=C(Nc1ccc(NS(=O)(=O)c2ccc3c(c2)OCCO3)cc1)c1ccc(Cl)cc1[N+](=O)[O-]. The van der Waals surface area contributed by atoms with Gasteiger partial charge in [-0.25, -0.2) is 8.42 Å². The number of nitro groups is 1. The fraction of sp³-hybridized carbons (Fsp3) is 0.0952. The van der Waals surface area contributed by atoms with E-state index < -0.39 is 26.5 Å². The minimum Gasteiger partial charge on any atom is -0.486 e. The Morgan fingerprint density at radius 2 is 1.61 bits per heavy atom. The Bertz CT molecular complexity index is 1340. The molecule has 0 radical (unpaired) electrons. The van der Waals surface area contributed by atoms with E-state index in [2.05, 4.69) is 10.0 Å². The van der Waals surface area contributed by atoms with Gasteiger partial charge in [-0.2, -0.15) is 0 Å². The van der Waals surface area contributed by atoms with Gasteiger partial charge >= 0.3 is 0 Å². The Morgan fingerprint density at radius 1 is 0.939 bits per heavy atom. The van der Waals surface area contributed by atoms with Crippen molar-refractivity contribution in [2.45, 2.75) is 4.90 Å². The summed E-state index contributed by atoms with van der Waals surface area (Å²) in [6.07, 6.45) is 0. The first-order valence-electron chi connectivity index (χ1n) is 9.51. The minimum atomic E-state index is -3.91. The van der Waals surface area contributed by atoms with Crippen molar-refractivity contribution >= 4 is 44.6 Å². The zero-order valence-corrected chi connectivity index (χ0v) is 18.4. The van der Waals surface area contributed by atoms with Gasteiger partial charge in [0.2, 0.25) is 0 Å². The number of carbonyl (C=O) groups is 1. The van der Waals surface area contributed by atoms with E-state index in [1.165, 1.54) is 54.6 Å². The molecule has 12 heteroatoms. The second-order valence-electron chi connectivity index (χ2n) is 6.86. The molecule has 1 aliphatic rings. The molecule has 170 valence electrons. The number of nitro benzene ring substituents is 1. The first-order valence-corrected chi connectivity index (χ1v) is 11.4. The van der Waals surface area contributed by atoms with Crippen molar-refractivity contribution in [1.29, 1.82) is 0 Å². The molecule has 0 aromatic heterocycles. The van der Waals surface area contributed by atoms with Gasteiger partial charge in [0.05, 0.1) is 9.82 Å². The van der Waals surface area contributed by atoms with E-state index in [9.17, 15) is 23.3 Å². The number of hydrogen-bond acceptors (Lipinski definition) is 7. The lowest BCUT2D eigenvalue weighted by atomic mass is 10.1. The summed E-state index contributed by atoms with van der Waals surface area (Å²) in [5.74, 6) is 0.114. The highest BCUT2D eigenvalue weighted by Crippen LogP contribution is 2.33. The number of benzene rings is 3. The maximum absolute atomic E-state index is 12.7. The predicted molar refractivity (Wildman–Crippen MR) is 121 cm³/mol. The Labute approximate surface area is 193 Å². The van der Waals surface area contributed by atoms with E-state index in [-0.39, 0.29) is 21.2 Å². The lowest BCUT2D eigenvalue weighted by Crippen LogP contribution is -2.17. The van der Waals surface area contributed by atoms with E-state index in [0.717, 1.165) is 6.07 Å². The second-order valence-corrected chi connectivity index (χ2v) is 8.98. The highest BCUT2D eigenvalue weighted by atomic mass is 35.5. The van der Waals surface area contributed by atoms with Gasteiger partial charge in [0.15, 0.2) is 11.5 Å². The summed E-state index contributed by atoms with van der Waals surface area (Å²) in [6, 6.07) is 13.8. The molecule has 1 aliphatic heterocycles. The third kappa shape index (κ3) is 4.99. The van der Waals surface area contributed by atoms with Gasteiger partial charge in [-0.15, -0.1) is 0 Å². The number of hydrogen-bond donors (Lipinski definition) is 2. The van der Waals surface area contributed by atoms with Crippen LogP contribution >= 0.6 is 11.6 Å². The number of carbonyl (C=O) groups excluding carboxylic acids is 1. The van der Waals surface area contributed by atoms with Crippen LogP contribution in [-0.2, 0) is 10.0 Å². The molecule has 2 N–H and O–H groups in total. The zero-order valence-electron chi connectivity index (χ0n) is 16.8.